The van der Waals surface area contributed by atoms with Gasteiger partial charge in [0.05, 0.1) is 18.8 Å². The maximum Gasteiger partial charge on any atom is 0.167 e. The van der Waals surface area contributed by atoms with Crippen molar-refractivity contribution in [3.8, 4) is 6.07 Å². The smallest absolute Gasteiger partial charge is 0.167 e. The molecule has 1 rings (SSSR count). The van der Waals surface area contributed by atoms with E-state index in [1.165, 1.54) is 0 Å². The van der Waals surface area contributed by atoms with E-state index >= 15 is 0 Å². The van der Waals surface area contributed by atoms with Gasteiger partial charge in [-0.3, -0.25) is 0 Å². The van der Waals surface area contributed by atoms with Crippen LogP contribution in [0.15, 0.2) is 0 Å². The van der Waals surface area contributed by atoms with Crippen molar-refractivity contribution in [2.24, 2.45) is 0 Å². The van der Waals surface area contributed by atoms with E-state index in [4.69, 9.17) is 14.7 Å². The van der Waals surface area contributed by atoms with Crippen molar-refractivity contribution < 1.29 is 14.6 Å². The van der Waals surface area contributed by atoms with Crippen molar-refractivity contribution in [2.75, 3.05) is 13.7 Å². The lowest BCUT2D eigenvalue weighted by Crippen LogP contribution is -2.41. The van der Waals surface area contributed by atoms with Gasteiger partial charge in [0.1, 0.15) is 0 Å². The molecule has 2 unspecified atom stereocenters. The third-order valence-corrected chi connectivity index (χ3v) is 2.99. The molecule has 0 aromatic carbocycles. The highest BCUT2D eigenvalue weighted by molar-refractivity contribution is 4.78. The quantitative estimate of drug-likeness (QED) is 0.705. The second kappa shape index (κ2) is 6.85. The van der Waals surface area contributed by atoms with Crippen molar-refractivity contribution in [3.63, 3.8) is 0 Å². The van der Waals surface area contributed by atoms with Crippen LogP contribution in [0.5, 0.6) is 0 Å². The molecule has 0 aromatic rings. The highest BCUT2D eigenvalue weighted by Gasteiger charge is 2.34. The Hall–Kier alpha value is -0.630. The van der Waals surface area contributed by atoms with E-state index in [-0.39, 0.29) is 6.10 Å². The predicted octanol–water partition coefficient (Wildman–Crippen LogP) is 1.97. The average molecular weight is 227 g/mol. The van der Waals surface area contributed by atoms with Gasteiger partial charge in [-0.05, 0) is 25.7 Å². The van der Waals surface area contributed by atoms with Crippen LogP contribution in [0.1, 0.15) is 44.9 Å². The van der Waals surface area contributed by atoms with Crippen LogP contribution < -0.4 is 0 Å². The normalized spacial score (nSPS) is 29.9. The molecule has 1 N–H and O–H groups in total. The summed E-state index contributed by atoms with van der Waals surface area (Å²) in [7, 11) is 1.62. The Bertz CT molecular complexity index is 239. The number of unbranched alkanes of at least 4 members (excludes halogenated alkanes) is 1. The average Bonchev–Trinajstić information content (AvgIpc) is 2.27. The number of nitriles is 1. The second-order valence-electron chi connectivity index (χ2n) is 4.37. The summed E-state index contributed by atoms with van der Waals surface area (Å²) in [5.74, 6) is -1.01. The minimum Gasteiger partial charge on any atom is -0.384 e. The number of aliphatic hydroxyl groups is 1. The molecule has 0 aromatic heterocycles. The molecule has 1 aliphatic rings. The molecule has 1 saturated heterocycles. The van der Waals surface area contributed by atoms with Crippen molar-refractivity contribution in [1.82, 2.24) is 0 Å². The highest BCUT2D eigenvalue weighted by atomic mass is 16.6. The Morgan fingerprint density at radius 2 is 2.44 bits per heavy atom. The fraction of sp³-hybridized carbons (Fsp3) is 0.917. The van der Waals surface area contributed by atoms with Gasteiger partial charge in [-0.25, -0.2) is 0 Å². The summed E-state index contributed by atoms with van der Waals surface area (Å²) in [6.45, 7) is 0.515. The number of nitrogens with zero attached hydrogens (tertiary/aromatic N) is 1. The zero-order valence-electron chi connectivity index (χ0n) is 9.95. The summed E-state index contributed by atoms with van der Waals surface area (Å²) in [6.07, 6.45) is 5.56. The standard InChI is InChI=1S/C12H21NO3/c1-15-10-8-12(14)7-4-6-11(16-12)5-2-3-9-13/h11,14H,2-8,10H2,1H3. The maximum atomic E-state index is 10.2. The van der Waals surface area contributed by atoms with E-state index in [0.717, 1.165) is 25.7 Å². The van der Waals surface area contributed by atoms with Crippen molar-refractivity contribution >= 4 is 0 Å². The fourth-order valence-corrected chi connectivity index (χ4v) is 2.09. The predicted molar refractivity (Wildman–Crippen MR) is 59.6 cm³/mol. The van der Waals surface area contributed by atoms with Gasteiger partial charge in [0.15, 0.2) is 5.79 Å². The molecule has 4 nitrogen and oxygen atoms in total. The van der Waals surface area contributed by atoms with Gasteiger partial charge in [-0.2, -0.15) is 5.26 Å². The van der Waals surface area contributed by atoms with E-state index in [2.05, 4.69) is 6.07 Å². The Morgan fingerprint density at radius 3 is 3.12 bits per heavy atom. The first-order valence-corrected chi connectivity index (χ1v) is 5.96. The van der Waals surface area contributed by atoms with Crippen molar-refractivity contribution in [3.05, 3.63) is 0 Å². The lowest BCUT2D eigenvalue weighted by molar-refractivity contribution is -0.261. The zero-order valence-corrected chi connectivity index (χ0v) is 9.95. The van der Waals surface area contributed by atoms with Crippen LogP contribution in [0, 0.1) is 11.3 Å². The molecular weight excluding hydrogens is 206 g/mol. The number of rotatable bonds is 6. The first-order chi connectivity index (χ1) is 7.70. The molecular formula is C12H21NO3. The third-order valence-electron chi connectivity index (χ3n) is 2.99. The molecule has 0 radical (unpaired) electrons. The van der Waals surface area contributed by atoms with Crippen LogP contribution in [-0.2, 0) is 9.47 Å². The zero-order chi connectivity index (χ0) is 11.9. The Balaban J connectivity index is 2.31. The molecule has 0 spiro atoms. The van der Waals surface area contributed by atoms with E-state index in [1.807, 2.05) is 0 Å². The van der Waals surface area contributed by atoms with Crippen LogP contribution in [0.4, 0.5) is 0 Å². The lowest BCUT2D eigenvalue weighted by Gasteiger charge is -2.37. The first kappa shape index (κ1) is 13.4. The van der Waals surface area contributed by atoms with E-state index in [9.17, 15) is 5.11 Å². The first-order valence-electron chi connectivity index (χ1n) is 5.96. The van der Waals surface area contributed by atoms with Crippen LogP contribution in [0.2, 0.25) is 0 Å². The fourth-order valence-electron chi connectivity index (χ4n) is 2.09. The minimum atomic E-state index is -1.01. The molecule has 0 saturated carbocycles. The molecule has 2 atom stereocenters. The number of methoxy groups -OCH3 is 1. The van der Waals surface area contributed by atoms with Crippen LogP contribution in [-0.4, -0.2) is 30.7 Å². The van der Waals surface area contributed by atoms with E-state index in [1.54, 1.807) is 7.11 Å². The molecule has 0 aliphatic carbocycles. The Morgan fingerprint density at radius 1 is 1.62 bits per heavy atom. The molecule has 0 bridgehead atoms. The molecule has 0 amide bonds. The number of ether oxygens (including phenoxy) is 2. The molecule has 4 heteroatoms. The third kappa shape index (κ3) is 4.48. The lowest BCUT2D eigenvalue weighted by atomic mass is 9.96. The summed E-state index contributed by atoms with van der Waals surface area (Å²) >= 11 is 0. The summed E-state index contributed by atoms with van der Waals surface area (Å²) in [5, 5.41) is 18.6. The van der Waals surface area contributed by atoms with E-state index in [0.29, 0.717) is 25.9 Å². The molecule has 92 valence electrons. The summed E-state index contributed by atoms with van der Waals surface area (Å²) in [5.41, 5.74) is 0. The summed E-state index contributed by atoms with van der Waals surface area (Å²) in [4.78, 5) is 0. The Kier molecular flexibility index (Phi) is 5.75. The van der Waals surface area contributed by atoms with Crippen LogP contribution in [0.25, 0.3) is 0 Å². The van der Waals surface area contributed by atoms with Crippen molar-refractivity contribution in [1.29, 1.82) is 5.26 Å². The number of hydrogen-bond acceptors (Lipinski definition) is 4. The highest BCUT2D eigenvalue weighted by Crippen LogP contribution is 2.31. The second-order valence-corrected chi connectivity index (χ2v) is 4.37. The Labute approximate surface area is 97.2 Å². The molecule has 16 heavy (non-hydrogen) atoms. The van der Waals surface area contributed by atoms with Gasteiger partial charge in [0, 0.05) is 26.4 Å². The van der Waals surface area contributed by atoms with Gasteiger partial charge < -0.3 is 14.6 Å². The molecule has 1 heterocycles. The van der Waals surface area contributed by atoms with Gasteiger partial charge in [-0.1, -0.05) is 0 Å². The van der Waals surface area contributed by atoms with Gasteiger partial charge in [0.2, 0.25) is 0 Å². The van der Waals surface area contributed by atoms with Crippen LogP contribution >= 0.6 is 0 Å². The largest absolute Gasteiger partial charge is 0.384 e. The van der Waals surface area contributed by atoms with Gasteiger partial charge in [-0.15, -0.1) is 0 Å². The van der Waals surface area contributed by atoms with Crippen molar-refractivity contribution in [2.45, 2.75) is 56.8 Å². The topological polar surface area (TPSA) is 62.5 Å². The summed E-state index contributed by atoms with van der Waals surface area (Å²) in [6, 6.07) is 2.12. The van der Waals surface area contributed by atoms with Gasteiger partial charge in [0.25, 0.3) is 0 Å². The maximum absolute atomic E-state index is 10.2. The van der Waals surface area contributed by atoms with E-state index < -0.39 is 5.79 Å². The number of hydrogen-bond donors (Lipinski definition) is 1. The summed E-state index contributed by atoms with van der Waals surface area (Å²) < 4.78 is 10.6. The SMILES string of the molecule is COCCC1(O)CCCC(CCCC#N)O1. The minimum absolute atomic E-state index is 0.101. The van der Waals surface area contributed by atoms with Gasteiger partial charge >= 0.3 is 0 Å². The monoisotopic (exact) mass is 227 g/mol. The van der Waals surface area contributed by atoms with Crippen LogP contribution in [0.3, 0.4) is 0 Å². The molecule has 1 fully saturated rings. The molecule has 1 aliphatic heterocycles.